The third kappa shape index (κ3) is 7.35. The molecule has 23 heavy (non-hydrogen) atoms. The first-order chi connectivity index (χ1) is 11.1. The summed E-state index contributed by atoms with van der Waals surface area (Å²) in [4.78, 5) is 11.9. The van der Waals surface area contributed by atoms with Crippen molar-refractivity contribution in [3.8, 4) is 0 Å². The van der Waals surface area contributed by atoms with Gasteiger partial charge in [0.2, 0.25) is 11.0 Å². The van der Waals surface area contributed by atoms with E-state index in [0.29, 0.717) is 11.7 Å². The van der Waals surface area contributed by atoms with Crippen LogP contribution in [0.25, 0.3) is 0 Å². The summed E-state index contributed by atoms with van der Waals surface area (Å²) < 4.78 is 0.835. The normalized spacial score (nSPS) is 14.7. The molecule has 0 bridgehead atoms. The molecular formula is C16H26N4OS2. The minimum Gasteiger partial charge on any atom is -0.360 e. The SMILES string of the molecule is CC(C)CNc1nnc(SCC(=O)NCCC2=CCCCC2)s1. The van der Waals surface area contributed by atoms with Gasteiger partial charge < -0.3 is 10.6 Å². The van der Waals surface area contributed by atoms with Crippen LogP contribution in [0.15, 0.2) is 16.0 Å². The maximum atomic E-state index is 11.9. The van der Waals surface area contributed by atoms with E-state index in [-0.39, 0.29) is 5.91 Å². The van der Waals surface area contributed by atoms with Gasteiger partial charge in [0.15, 0.2) is 4.34 Å². The first-order valence-corrected chi connectivity index (χ1v) is 10.1. The second-order valence-corrected chi connectivity index (χ2v) is 8.34. The number of allylic oxidation sites excluding steroid dienone is 1. The first kappa shape index (κ1) is 18.3. The minimum atomic E-state index is 0.0679. The van der Waals surface area contributed by atoms with Gasteiger partial charge in [-0.05, 0) is 38.0 Å². The van der Waals surface area contributed by atoms with Crippen molar-refractivity contribution < 1.29 is 4.79 Å². The number of carbonyl (C=O) groups is 1. The third-order valence-electron chi connectivity index (χ3n) is 3.55. The van der Waals surface area contributed by atoms with E-state index in [2.05, 4.69) is 40.8 Å². The van der Waals surface area contributed by atoms with Gasteiger partial charge in [0, 0.05) is 13.1 Å². The molecule has 1 amide bonds. The number of amides is 1. The fourth-order valence-electron chi connectivity index (χ4n) is 2.30. The van der Waals surface area contributed by atoms with Crippen molar-refractivity contribution in [1.82, 2.24) is 15.5 Å². The van der Waals surface area contributed by atoms with Crippen LogP contribution in [-0.2, 0) is 4.79 Å². The highest BCUT2D eigenvalue weighted by atomic mass is 32.2. The Bertz CT molecular complexity index is 528. The largest absolute Gasteiger partial charge is 0.360 e. The molecule has 0 spiro atoms. The monoisotopic (exact) mass is 354 g/mol. The van der Waals surface area contributed by atoms with Crippen molar-refractivity contribution in [2.45, 2.75) is 50.3 Å². The summed E-state index contributed by atoms with van der Waals surface area (Å²) in [5.41, 5.74) is 1.49. The quantitative estimate of drug-likeness (QED) is 0.523. The Hall–Kier alpha value is -1.08. The molecule has 0 aromatic carbocycles. The Labute approximate surface area is 146 Å². The number of anilines is 1. The maximum Gasteiger partial charge on any atom is 0.230 e. The molecule has 0 unspecified atom stereocenters. The average molecular weight is 355 g/mol. The minimum absolute atomic E-state index is 0.0679. The molecule has 0 fully saturated rings. The Morgan fingerprint density at radius 2 is 2.26 bits per heavy atom. The van der Waals surface area contributed by atoms with Crippen LogP contribution >= 0.6 is 23.1 Å². The second-order valence-electron chi connectivity index (χ2n) is 6.14. The zero-order chi connectivity index (χ0) is 16.5. The van der Waals surface area contributed by atoms with E-state index in [9.17, 15) is 4.79 Å². The van der Waals surface area contributed by atoms with Crippen molar-refractivity contribution in [2.24, 2.45) is 5.92 Å². The van der Waals surface area contributed by atoms with Crippen molar-refractivity contribution in [1.29, 1.82) is 0 Å². The molecule has 7 heteroatoms. The van der Waals surface area contributed by atoms with Crippen molar-refractivity contribution in [3.05, 3.63) is 11.6 Å². The maximum absolute atomic E-state index is 11.9. The topological polar surface area (TPSA) is 66.9 Å². The summed E-state index contributed by atoms with van der Waals surface area (Å²) in [5, 5.41) is 15.2. The lowest BCUT2D eigenvalue weighted by molar-refractivity contribution is -0.118. The van der Waals surface area contributed by atoms with Crippen LogP contribution in [0.2, 0.25) is 0 Å². The number of hydrogen-bond acceptors (Lipinski definition) is 6. The van der Waals surface area contributed by atoms with Crippen molar-refractivity contribution in [3.63, 3.8) is 0 Å². The lowest BCUT2D eigenvalue weighted by Crippen LogP contribution is -2.26. The number of hydrogen-bond donors (Lipinski definition) is 2. The summed E-state index contributed by atoms with van der Waals surface area (Å²) >= 11 is 2.95. The zero-order valence-corrected chi connectivity index (χ0v) is 15.6. The third-order valence-corrected chi connectivity index (χ3v) is 5.56. The predicted molar refractivity (Wildman–Crippen MR) is 98.1 cm³/mol. The van der Waals surface area contributed by atoms with Gasteiger partial charge in [0.05, 0.1) is 5.75 Å². The van der Waals surface area contributed by atoms with E-state index in [1.54, 1.807) is 0 Å². The van der Waals surface area contributed by atoms with Crippen LogP contribution in [0.3, 0.4) is 0 Å². The van der Waals surface area contributed by atoms with E-state index in [1.165, 1.54) is 54.4 Å². The fourth-order valence-corrected chi connectivity index (χ4v) is 3.89. The number of carbonyl (C=O) groups excluding carboxylic acids is 1. The van der Waals surface area contributed by atoms with E-state index in [1.807, 2.05) is 0 Å². The molecule has 5 nitrogen and oxygen atoms in total. The smallest absolute Gasteiger partial charge is 0.230 e. The van der Waals surface area contributed by atoms with Crippen molar-refractivity contribution >= 4 is 34.1 Å². The molecule has 1 heterocycles. The van der Waals surface area contributed by atoms with E-state index in [4.69, 9.17) is 0 Å². The standard InChI is InChI=1S/C16H26N4OS2/c1-12(2)10-18-15-19-20-16(23-15)22-11-14(21)17-9-8-13-6-4-3-5-7-13/h6,12H,3-5,7-11H2,1-2H3,(H,17,21)(H,18,19). The Balaban J connectivity index is 1.61. The Morgan fingerprint density at radius 3 is 3.00 bits per heavy atom. The van der Waals surface area contributed by atoms with Crippen LogP contribution in [0.1, 0.15) is 46.0 Å². The van der Waals surface area contributed by atoms with E-state index in [0.717, 1.165) is 29.0 Å². The summed E-state index contributed by atoms with van der Waals surface area (Å²) in [7, 11) is 0. The number of aromatic nitrogens is 2. The summed E-state index contributed by atoms with van der Waals surface area (Å²) in [6.07, 6.45) is 8.31. The molecule has 2 rings (SSSR count). The molecular weight excluding hydrogens is 328 g/mol. The summed E-state index contributed by atoms with van der Waals surface area (Å²) in [6, 6.07) is 0. The van der Waals surface area contributed by atoms with Crippen LogP contribution in [0.4, 0.5) is 5.13 Å². The molecule has 1 aliphatic carbocycles. The number of nitrogens with zero attached hydrogens (tertiary/aromatic N) is 2. The van der Waals surface area contributed by atoms with Gasteiger partial charge in [0.1, 0.15) is 0 Å². The highest BCUT2D eigenvalue weighted by Gasteiger charge is 2.09. The molecule has 0 radical (unpaired) electrons. The van der Waals surface area contributed by atoms with E-state index >= 15 is 0 Å². The Morgan fingerprint density at radius 1 is 1.39 bits per heavy atom. The number of rotatable bonds is 9. The Kier molecular flexibility index (Phi) is 7.88. The van der Waals surface area contributed by atoms with Gasteiger partial charge >= 0.3 is 0 Å². The van der Waals surface area contributed by atoms with Gasteiger partial charge in [-0.3, -0.25) is 4.79 Å². The molecule has 1 aromatic rings. The predicted octanol–water partition coefficient (Wildman–Crippen LogP) is 3.70. The van der Waals surface area contributed by atoms with Gasteiger partial charge in [0.25, 0.3) is 0 Å². The molecule has 2 N–H and O–H groups in total. The average Bonchev–Trinajstić information content (AvgIpc) is 3.00. The molecule has 0 atom stereocenters. The van der Waals surface area contributed by atoms with Crippen molar-refractivity contribution in [2.75, 3.05) is 24.2 Å². The molecule has 128 valence electrons. The highest BCUT2D eigenvalue weighted by molar-refractivity contribution is 8.01. The van der Waals surface area contributed by atoms with Crippen LogP contribution in [0, 0.1) is 5.92 Å². The van der Waals surface area contributed by atoms with Crippen LogP contribution in [0.5, 0.6) is 0 Å². The second kappa shape index (κ2) is 9.93. The molecule has 0 saturated heterocycles. The van der Waals surface area contributed by atoms with Gasteiger partial charge in [-0.1, -0.05) is 48.6 Å². The van der Waals surface area contributed by atoms with Crippen LogP contribution in [-0.4, -0.2) is 34.9 Å². The lowest BCUT2D eigenvalue weighted by Gasteiger charge is -2.12. The molecule has 1 aromatic heterocycles. The van der Waals surface area contributed by atoms with E-state index < -0.39 is 0 Å². The van der Waals surface area contributed by atoms with Gasteiger partial charge in [-0.25, -0.2) is 0 Å². The molecule has 1 aliphatic rings. The molecule has 0 saturated carbocycles. The van der Waals surface area contributed by atoms with Crippen LogP contribution < -0.4 is 10.6 Å². The highest BCUT2D eigenvalue weighted by Crippen LogP contribution is 2.25. The number of thioether (sulfide) groups is 1. The zero-order valence-electron chi connectivity index (χ0n) is 13.9. The summed E-state index contributed by atoms with van der Waals surface area (Å²) in [6.45, 7) is 5.92. The van der Waals surface area contributed by atoms with Gasteiger partial charge in [-0.15, -0.1) is 10.2 Å². The number of nitrogens with one attached hydrogen (secondary N) is 2. The first-order valence-electron chi connectivity index (χ1n) is 8.28. The summed E-state index contributed by atoms with van der Waals surface area (Å²) in [5.74, 6) is 1.04. The van der Waals surface area contributed by atoms with Gasteiger partial charge in [-0.2, -0.15) is 0 Å². The molecule has 0 aliphatic heterocycles. The fraction of sp³-hybridized carbons (Fsp3) is 0.688. The lowest BCUT2D eigenvalue weighted by atomic mass is 9.97.